The van der Waals surface area contributed by atoms with Crippen LogP contribution in [0.4, 0.5) is 0 Å². The summed E-state index contributed by atoms with van der Waals surface area (Å²) in [6, 6.07) is 12.4. The van der Waals surface area contributed by atoms with E-state index >= 15 is 0 Å². The van der Waals surface area contributed by atoms with Gasteiger partial charge >= 0.3 is 0 Å². The van der Waals surface area contributed by atoms with Gasteiger partial charge in [-0.25, -0.2) is 14.6 Å². The molecule has 1 aromatic carbocycles. The zero-order valence-corrected chi connectivity index (χ0v) is 13.1. The highest BCUT2D eigenvalue weighted by atomic mass is 32.1. The third kappa shape index (κ3) is 2.02. The molecule has 0 aliphatic carbocycles. The predicted molar refractivity (Wildman–Crippen MR) is 89.4 cm³/mol. The summed E-state index contributed by atoms with van der Waals surface area (Å²) in [6.45, 7) is 4.04. The first-order valence-corrected chi connectivity index (χ1v) is 7.93. The molecule has 0 aliphatic rings. The zero-order chi connectivity index (χ0) is 15.1. The van der Waals surface area contributed by atoms with Crippen molar-refractivity contribution in [3.63, 3.8) is 0 Å². The molecule has 108 valence electrons. The van der Waals surface area contributed by atoms with E-state index in [9.17, 15) is 0 Å². The van der Waals surface area contributed by atoms with E-state index in [0.29, 0.717) is 0 Å². The molecule has 0 amide bonds. The van der Waals surface area contributed by atoms with Gasteiger partial charge in [-0.1, -0.05) is 30.3 Å². The van der Waals surface area contributed by atoms with Crippen molar-refractivity contribution in [1.29, 1.82) is 0 Å². The van der Waals surface area contributed by atoms with Gasteiger partial charge in [0.15, 0.2) is 5.82 Å². The first-order chi connectivity index (χ1) is 10.7. The molecule has 0 bridgehead atoms. The molecule has 5 heteroatoms. The van der Waals surface area contributed by atoms with Crippen molar-refractivity contribution in [2.45, 2.75) is 13.8 Å². The maximum atomic E-state index is 4.58. The van der Waals surface area contributed by atoms with Crippen molar-refractivity contribution < 1.29 is 0 Å². The summed E-state index contributed by atoms with van der Waals surface area (Å²) in [5.41, 5.74) is 4.39. The summed E-state index contributed by atoms with van der Waals surface area (Å²) in [5, 5.41) is 7.78. The topological polar surface area (TPSA) is 43.6 Å². The van der Waals surface area contributed by atoms with Gasteiger partial charge in [-0.3, -0.25) is 0 Å². The summed E-state index contributed by atoms with van der Waals surface area (Å²) in [4.78, 5) is 9.90. The van der Waals surface area contributed by atoms with E-state index in [0.717, 1.165) is 33.0 Å². The third-order valence-corrected chi connectivity index (χ3v) is 4.53. The smallest absolute Gasteiger partial charge is 0.166 e. The number of nitrogens with zero attached hydrogens (tertiary/aromatic N) is 4. The fraction of sp³-hybridized carbons (Fsp3) is 0.118. The van der Waals surface area contributed by atoms with Crippen LogP contribution in [0.2, 0.25) is 0 Å². The van der Waals surface area contributed by atoms with Crippen molar-refractivity contribution in [2.75, 3.05) is 0 Å². The molecule has 0 radical (unpaired) electrons. The molecule has 4 aromatic rings. The second kappa shape index (κ2) is 5.03. The van der Waals surface area contributed by atoms with E-state index in [4.69, 9.17) is 0 Å². The molecular formula is C17H14N4S. The van der Waals surface area contributed by atoms with Crippen LogP contribution in [0.1, 0.15) is 11.4 Å². The zero-order valence-electron chi connectivity index (χ0n) is 12.3. The van der Waals surface area contributed by atoms with Crippen LogP contribution in [0.25, 0.3) is 27.2 Å². The number of rotatable bonds is 2. The lowest BCUT2D eigenvalue weighted by Crippen LogP contribution is -2.03. The lowest BCUT2D eigenvalue weighted by molar-refractivity contribution is 0.811. The SMILES string of the molecule is Cc1cc(C)n(-c2ncnc3scc(-c4ccccc4)c23)n1. The van der Waals surface area contributed by atoms with Crippen LogP contribution in [0.5, 0.6) is 0 Å². The Labute approximate surface area is 132 Å². The van der Waals surface area contributed by atoms with Crippen LogP contribution in [-0.4, -0.2) is 19.7 Å². The predicted octanol–water partition coefficient (Wildman–Crippen LogP) is 4.16. The number of aromatic nitrogens is 4. The van der Waals surface area contributed by atoms with Crippen molar-refractivity contribution in [3.05, 3.63) is 59.5 Å². The molecule has 3 heterocycles. The van der Waals surface area contributed by atoms with Crippen LogP contribution in [0.15, 0.2) is 48.1 Å². The van der Waals surface area contributed by atoms with E-state index in [1.54, 1.807) is 17.7 Å². The molecule has 4 rings (SSSR count). The van der Waals surface area contributed by atoms with Crippen LogP contribution in [0.3, 0.4) is 0 Å². The van der Waals surface area contributed by atoms with Gasteiger partial charge in [0.2, 0.25) is 0 Å². The highest BCUT2D eigenvalue weighted by molar-refractivity contribution is 7.17. The summed E-state index contributed by atoms with van der Waals surface area (Å²) < 4.78 is 1.90. The molecule has 0 atom stereocenters. The van der Waals surface area contributed by atoms with Gasteiger partial charge in [0.25, 0.3) is 0 Å². The molecular weight excluding hydrogens is 292 g/mol. The Kier molecular flexibility index (Phi) is 3.01. The van der Waals surface area contributed by atoms with E-state index in [1.807, 2.05) is 36.7 Å². The number of thiophene rings is 1. The quantitative estimate of drug-likeness (QED) is 0.558. The average molecular weight is 306 g/mol. The first kappa shape index (κ1) is 13.2. The largest absolute Gasteiger partial charge is 0.225 e. The van der Waals surface area contributed by atoms with Gasteiger partial charge in [0.05, 0.1) is 11.1 Å². The molecule has 0 fully saturated rings. The van der Waals surface area contributed by atoms with Gasteiger partial charge in [-0.15, -0.1) is 11.3 Å². The standard InChI is InChI=1S/C17H14N4S/c1-11-8-12(2)21(20-11)16-15-14(13-6-4-3-5-7-13)9-22-17(15)19-10-18-16/h3-10H,1-2H3. The minimum atomic E-state index is 0.843. The lowest BCUT2D eigenvalue weighted by atomic mass is 10.1. The van der Waals surface area contributed by atoms with Crippen molar-refractivity contribution in [2.24, 2.45) is 0 Å². The Balaban J connectivity index is 2.04. The minimum Gasteiger partial charge on any atom is -0.225 e. The molecule has 0 spiro atoms. The van der Waals surface area contributed by atoms with Crippen LogP contribution in [0, 0.1) is 13.8 Å². The fourth-order valence-electron chi connectivity index (χ4n) is 2.69. The number of hydrogen-bond donors (Lipinski definition) is 0. The molecule has 0 aliphatic heterocycles. The molecule has 0 unspecified atom stereocenters. The van der Waals surface area contributed by atoms with E-state index in [2.05, 4.69) is 38.6 Å². The van der Waals surface area contributed by atoms with E-state index < -0.39 is 0 Å². The van der Waals surface area contributed by atoms with Gasteiger partial charge in [-0.05, 0) is 25.5 Å². The van der Waals surface area contributed by atoms with Crippen molar-refractivity contribution >= 4 is 21.6 Å². The second-order valence-electron chi connectivity index (χ2n) is 5.23. The highest BCUT2D eigenvalue weighted by Gasteiger charge is 2.16. The van der Waals surface area contributed by atoms with Gasteiger partial charge < -0.3 is 0 Å². The summed E-state index contributed by atoms with van der Waals surface area (Å²) >= 11 is 1.64. The van der Waals surface area contributed by atoms with Crippen LogP contribution < -0.4 is 0 Å². The molecule has 4 nitrogen and oxygen atoms in total. The van der Waals surface area contributed by atoms with E-state index in [1.165, 1.54) is 5.56 Å². The Bertz CT molecular complexity index is 953. The molecule has 22 heavy (non-hydrogen) atoms. The van der Waals surface area contributed by atoms with Crippen LogP contribution in [-0.2, 0) is 0 Å². The summed E-state index contributed by atoms with van der Waals surface area (Å²) in [6.07, 6.45) is 1.61. The van der Waals surface area contributed by atoms with Gasteiger partial charge in [0, 0.05) is 16.6 Å². The number of benzene rings is 1. The molecule has 3 aromatic heterocycles. The fourth-order valence-corrected chi connectivity index (χ4v) is 3.60. The molecule has 0 saturated carbocycles. The third-order valence-electron chi connectivity index (χ3n) is 3.65. The maximum absolute atomic E-state index is 4.58. The van der Waals surface area contributed by atoms with Crippen LogP contribution >= 0.6 is 11.3 Å². The monoisotopic (exact) mass is 306 g/mol. The van der Waals surface area contributed by atoms with Crippen molar-refractivity contribution in [3.8, 4) is 16.9 Å². The Morgan fingerprint density at radius 2 is 1.86 bits per heavy atom. The number of aryl methyl sites for hydroxylation is 2. The minimum absolute atomic E-state index is 0.843. The number of fused-ring (bicyclic) bond motifs is 1. The summed E-state index contributed by atoms with van der Waals surface area (Å²) in [7, 11) is 0. The Morgan fingerprint density at radius 3 is 2.59 bits per heavy atom. The average Bonchev–Trinajstić information content (AvgIpc) is 3.11. The van der Waals surface area contributed by atoms with Crippen molar-refractivity contribution in [1.82, 2.24) is 19.7 Å². The highest BCUT2D eigenvalue weighted by Crippen LogP contribution is 2.35. The summed E-state index contributed by atoms with van der Waals surface area (Å²) in [5.74, 6) is 0.843. The first-order valence-electron chi connectivity index (χ1n) is 7.05. The Hall–Kier alpha value is -2.53. The maximum Gasteiger partial charge on any atom is 0.166 e. The van der Waals surface area contributed by atoms with Gasteiger partial charge in [-0.2, -0.15) is 5.10 Å². The normalized spacial score (nSPS) is 11.2. The Morgan fingerprint density at radius 1 is 1.05 bits per heavy atom. The second-order valence-corrected chi connectivity index (χ2v) is 6.09. The van der Waals surface area contributed by atoms with E-state index in [-0.39, 0.29) is 0 Å². The molecule has 0 N–H and O–H groups in total. The van der Waals surface area contributed by atoms with Gasteiger partial charge in [0.1, 0.15) is 11.2 Å². The number of hydrogen-bond acceptors (Lipinski definition) is 4. The molecule has 0 saturated heterocycles. The lowest BCUT2D eigenvalue weighted by Gasteiger charge is -2.07.